The first-order chi connectivity index (χ1) is 9.29. The molecule has 1 saturated carbocycles. The van der Waals surface area contributed by atoms with Crippen LogP contribution in [0.15, 0.2) is 6.20 Å². The first kappa shape index (κ1) is 14.4. The second-order valence-corrected chi connectivity index (χ2v) is 5.56. The van der Waals surface area contributed by atoms with Crippen LogP contribution in [0, 0.1) is 0 Å². The van der Waals surface area contributed by atoms with Gasteiger partial charge in [-0.2, -0.15) is 4.98 Å². The van der Waals surface area contributed by atoms with E-state index in [1.54, 1.807) is 6.20 Å². The quantitative estimate of drug-likeness (QED) is 0.799. The van der Waals surface area contributed by atoms with E-state index in [1.165, 1.54) is 38.5 Å². The van der Waals surface area contributed by atoms with Crippen LogP contribution in [0.3, 0.4) is 0 Å². The Kier molecular flexibility index (Phi) is 5.70. The molecule has 0 spiro atoms. The summed E-state index contributed by atoms with van der Waals surface area (Å²) < 4.78 is 0. The minimum Gasteiger partial charge on any atom is -0.366 e. The topological polar surface area (TPSA) is 49.8 Å². The van der Waals surface area contributed by atoms with Crippen LogP contribution in [-0.2, 0) is 0 Å². The number of rotatable bonds is 5. The van der Waals surface area contributed by atoms with E-state index in [0.29, 0.717) is 17.0 Å². The molecule has 1 aliphatic rings. The Morgan fingerprint density at radius 1 is 1.26 bits per heavy atom. The highest BCUT2D eigenvalue weighted by Crippen LogP contribution is 2.25. The first-order valence-corrected chi connectivity index (χ1v) is 7.70. The van der Waals surface area contributed by atoms with Crippen LogP contribution in [-0.4, -0.2) is 22.6 Å². The van der Waals surface area contributed by atoms with Gasteiger partial charge in [0.1, 0.15) is 5.02 Å². The standard InChI is InChI=1S/C14H23ClN4/c1-2-9-16-14-17-10-12(15)13(19-14)18-11-7-5-3-4-6-8-11/h10-11H,2-9H2,1H3,(H2,16,17,18,19). The summed E-state index contributed by atoms with van der Waals surface area (Å²) in [5.41, 5.74) is 0. The van der Waals surface area contributed by atoms with Crippen molar-refractivity contribution in [2.45, 2.75) is 57.9 Å². The minimum absolute atomic E-state index is 0.494. The van der Waals surface area contributed by atoms with Gasteiger partial charge in [-0.15, -0.1) is 0 Å². The maximum atomic E-state index is 6.18. The van der Waals surface area contributed by atoms with Crippen molar-refractivity contribution in [1.82, 2.24) is 9.97 Å². The van der Waals surface area contributed by atoms with E-state index in [0.717, 1.165) is 18.8 Å². The van der Waals surface area contributed by atoms with E-state index in [2.05, 4.69) is 27.5 Å². The van der Waals surface area contributed by atoms with Gasteiger partial charge in [0.05, 0.1) is 6.20 Å². The first-order valence-electron chi connectivity index (χ1n) is 7.32. The van der Waals surface area contributed by atoms with E-state index >= 15 is 0 Å². The van der Waals surface area contributed by atoms with E-state index < -0.39 is 0 Å². The molecule has 0 aliphatic heterocycles. The third kappa shape index (κ3) is 4.53. The maximum Gasteiger partial charge on any atom is 0.224 e. The highest BCUT2D eigenvalue weighted by molar-refractivity contribution is 6.32. The van der Waals surface area contributed by atoms with Gasteiger partial charge in [0, 0.05) is 12.6 Å². The van der Waals surface area contributed by atoms with Crippen molar-refractivity contribution < 1.29 is 0 Å². The zero-order valence-corrected chi connectivity index (χ0v) is 12.3. The molecule has 0 unspecified atom stereocenters. The Labute approximate surface area is 120 Å². The SMILES string of the molecule is CCCNc1ncc(Cl)c(NC2CCCCCC2)n1. The molecule has 0 saturated heterocycles. The van der Waals surface area contributed by atoms with Gasteiger partial charge in [0.2, 0.25) is 5.95 Å². The van der Waals surface area contributed by atoms with Gasteiger partial charge >= 0.3 is 0 Å². The molecule has 1 aromatic rings. The summed E-state index contributed by atoms with van der Waals surface area (Å²) in [6, 6.07) is 0.494. The van der Waals surface area contributed by atoms with E-state index in [-0.39, 0.29) is 0 Å². The molecule has 106 valence electrons. The van der Waals surface area contributed by atoms with Gasteiger partial charge in [-0.05, 0) is 19.3 Å². The zero-order valence-electron chi connectivity index (χ0n) is 11.6. The Morgan fingerprint density at radius 2 is 2.00 bits per heavy atom. The highest BCUT2D eigenvalue weighted by Gasteiger charge is 2.14. The third-order valence-corrected chi connectivity index (χ3v) is 3.75. The number of hydrogen-bond acceptors (Lipinski definition) is 4. The predicted molar refractivity (Wildman–Crippen MR) is 80.9 cm³/mol. The molecule has 1 aromatic heterocycles. The summed E-state index contributed by atoms with van der Waals surface area (Å²) in [7, 11) is 0. The molecule has 0 amide bonds. The van der Waals surface area contributed by atoms with Crippen LogP contribution in [0.2, 0.25) is 5.02 Å². The lowest BCUT2D eigenvalue weighted by molar-refractivity contribution is 0.617. The Bertz CT molecular complexity index is 389. The predicted octanol–water partition coefficient (Wildman–Crippen LogP) is 4.09. The lowest BCUT2D eigenvalue weighted by Gasteiger charge is -2.18. The van der Waals surface area contributed by atoms with Crippen LogP contribution in [0.1, 0.15) is 51.9 Å². The summed E-state index contributed by atoms with van der Waals surface area (Å²) in [6.07, 6.45) is 10.4. The summed E-state index contributed by atoms with van der Waals surface area (Å²) in [5.74, 6) is 1.42. The molecule has 0 radical (unpaired) electrons. The fraction of sp³-hybridized carbons (Fsp3) is 0.714. The molecule has 1 fully saturated rings. The summed E-state index contributed by atoms with van der Waals surface area (Å²) >= 11 is 6.18. The molecule has 1 aliphatic carbocycles. The van der Waals surface area contributed by atoms with Gasteiger partial charge in [-0.3, -0.25) is 0 Å². The Morgan fingerprint density at radius 3 is 2.68 bits per heavy atom. The highest BCUT2D eigenvalue weighted by atomic mass is 35.5. The molecule has 1 heterocycles. The normalized spacial score (nSPS) is 16.9. The van der Waals surface area contributed by atoms with Crippen LogP contribution >= 0.6 is 11.6 Å². The average Bonchev–Trinajstić information content (AvgIpc) is 2.68. The van der Waals surface area contributed by atoms with Crippen molar-refractivity contribution in [2.24, 2.45) is 0 Å². The number of anilines is 2. The molecule has 0 atom stereocenters. The summed E-state index contributed by atoms with van der Waals surface area (Å²) in [5, 5.41) is 7.28. The van der Waals surface area contributed by atoms with Gasteiger partial charge in [-0.1, -0.05) is 44.2 Å². The minimum atomic E-state index is 0.494. The number of nitrogens with zero attached hydrogens (tertiary/aromatic N) is 2. The average molecular weight is 283 g/mol. The fourth-order valence-corrected chi connectivity index (χ4v) is 2.55. The number of aromatic nitrogens is 2. The van der Waals surface area contributed by atoms with Crippen LogP contribution in [0.5, 0.6) is 0 Å². The summed E-state index contributed by atoms with van der Waals surface area (Å²) in [6.45, 7) is 3.00. The van der Waals surface area contributed by atoms with E-state index in [1.807, 2.05) is 0 Å². The van der Waals surface area contributed by atoms with Gasteiger partial charge in [0.25, 0.3) is 0 Å². The second-order valence-electron chi connectivity index (χ2n) is 5.15. The zero-order chi connectivity index (χ0) is 13.5. The van der Waals surface area contributed by atoms with Crippen LogP contribution in [0.25, 0.3) is 0 Å². The molecule has 19 heavy (non-hydrogen) atoms. The van der Waals surface area contributed by atoms with Crippen molar-refractivity contribution in [1.29, 1.82) is 0 Å². The number of hydrogen-bond donors (Lipinski definition) is 2. The van der Waals surface area contributed by atoms with Crippen molar-refractivity contribution in [3.05, 3.63) is 11.2 Å². The van der Waals surface area contributed by atoms with Crippen LogP contribution in [0.4, 0.5) is 11.8 Å². The molecule has 2 rings (SSSR count). The summed E-state index contributed by atoms with van der Waals surface area (Å²) in [4.78, 5) is 8.66. The Hall–Kier alpha value is -1.03. The van der Waals surface area contributed by atoms with E-state index in [9.17, 15) is 0 Å². The molecule has 2 N–H and O–H groups in total. The van der Waals surface area contributed by atoms with Gasteiger partial charge in [0.15, 0.2) is 5.82 Å². The van der Waals surface area contributed by atoms with Crippen molar-refractivity contribution in [2.75, 3.05) is 17.2 Å². The monoisotopic (exact) mass is 282 g/mol. The van der Waals surface area contributed by atoms with Gasteiger partial charge in [-0.25, -0.2) is 4.98 Å². The van der Waals surface area contributed by atoms with Crippen molar-refractivity contribution in [3.8, 4) is 0 Å². The lowest BCUT2D eigenvalue weighted by atomic mass is 10.1. The second kappa shape index (κ2) is 7.53. The molecule has 5 heteroatoms. The number of halogens is 1. The van der Waals surface area contributed by atoms with Crippen molar-refractivity contribution >= 4 is 23.4 Å². The molecular formula is C14H23ClN4. The lowest BCUT2D eigenvalue weighted by Crippen LogP contribution is -2.20. The van der Waals surface area contributed by atoms with E-state index in [4.69, 9.17) is 11.6 Å². The maximum absolute atomic E-state index is 6.18. The van der Waals surface area contributed by atoms with Crippen molar-refractivity contribution in [3.63, 3.8) is 0 Å². The molecular weight excluding hydrogens is 260 g/mol. The molecule has 0 bridgehead atoms. The van der Waals surface area contributed by atoms with Crippen LogP contribution < -0.4 is 10.6 Å². The molecule has 4 nitrogen and oxygen atoms in total. The van der Waals surface area contributed by atoms with Gasteiger partial charge < -0.3 is 10.6 Å². The largest absolute Gasteiger partial charge is 0.366 e. The number of nitrogens with one attached hydrogen (secondary N) is 2. The Balaban J connectivity index is 2.00. The fourth-order valence-electron chi connectivity index (χ4n) is 2.41. The smallest absolute Gasteiger partial charge is 0.224 e. The molecule has 0 aromatic carbocycles. The third-order valence-electron chi connectivity index (χ3n) is 3.47.